The predicted octanol–water partition coefficient (Wildman–Crippen LogP) is 3.67. The molecule has 5 rings (SSSR count). The summed E-state index contributed by atoms with van der Waals surface area (Å²) < 4.78 is 19.8. The van der Waals surface area contributed by atoms with Crippen molar-refractivity contribution >= 4 is 29.5 Å². The third-order valence-electron chi connectivity index (χ3n) is 6.91. The predicted molar refractivity (Wildman–Crippen MR) is 124 cm³/mol. The van der Waals surface area contributed by atoms with Gasteiger partial charge in [0.2, 0.25) is 12.1 Å². The van der Waals surface area contributed by atoms with Crippen LogP contribution in [-0.4, -0.2) is 45.7 Å². The molecule has 3 N–H and O–H groups in total. The lowest BCUT2D eigenvalue weighted by molar-refractivity contribution is -0.0723. The molecule has 178 valence electrons. The number of nitrogens with zero attached hydrogens (tertiary/aromatic N) is 3. The topological polar surface area (TPSA) is 101 Å². The number of benzene rings is 1. The summed E-state index contributed by atoms with van der Waals surface area (Å²) in [5.41, 5.74) is 4.43. The number of imidazole rings is 1. The third kappa shape index (κ3) is 4.70. The standard InChI is InChI=1S/C16H22N4O3.C7H7ClFN/c1-9-18-19-15(23-9)16(22)5-11-3-10(4-12(11)6-16)14-13(7-21)20(2)8-17-14;1-10-5-2-3-7(9)6(8)4-5/h7-8,10-12,15,19,22H,3-6H2,1-2H3;2-4,10H,1H3. The summed E-state index contributed by atoms with van der Waals surface area (Å²) in [4.78, 5) is 15.7. The summed E-state index contributed by atoms with van der Waals surface area (Å²) in [6, 6.07) is 4.49. The van der Waals surface area contributed by atoms with Crippen LogP contribution in [0.25, 0.3) is 0 Å². The smallest absolute Gasteiger partial charge is 0.214 e. The number of halogens is 2. The zero-order valence-electron chi connectivity index (χ0n) is 18.9. The number of anilines is 1. The molecule has 33 heavy (non-hydrogen) atoms. The quantitative estimate of drug-likeness (QED) is 0.581. The number of aldehydes is 1. The minimum atomic E-state index is -0.862. The first-order valence-corrected chi connectivity index (χ1v) is 11.4. The van der Waals surface area contributed by atoms with Crippen LogP contribution in [0, 0.1) is 17.7 Å². The van der Waals surface area contributed by atoms with Crippen molar-refractivity contribution in [1.29, 1.82) is 0 Å². The van der Waals surface area contributed by atoms with Crippen molar-refractivity contribution in [1.82, 2.24) is 15.0 Å². The molecule has 2 aromatic rings. The van der Waals surface area contributed by atoms with Gasteiger partial charge < -0.3 is 19.7 Å². The van der Waals surface area contributed by atoms with Gasteiger partial charge in [0.05, 0.1) is 17.0 Å². The highest BCUT2D eigenvalue weighted by Gasteiger charge is 2.54. The van der Waals surface area contributed by atoms with Gasteiger partial charge >= 0.3 is 0 Å². The maximum absolute atomic E-state index is 12.5. The molecule has 2 aliphatic carbocycles. The van der Waals surface area contributed by atoms with Crippen LogP contribution < -0.4 is 10.7 Å². The Hall–Kier alpha value is -2.65. The lowest BCUT2D eigenvalue weighted by Gasteiger charge is -2.29. The normalized spacial score (nSPS) is 29.9. The first kappa shape index (κ1) is 23.5. The van der Waals surface area contributed by atoms with Crippen LogP contribution in [0.1, 0.15) is 54.7 Å². The number of hydrogen-bond acceptors (Lipinski definition) is 7. The van der Waals surface area contributed by atoms with Crippen LogP contribution >= 0.6 is 11.6 Å². The van der Waals surface area contributed by atoms with Gasteiger partial charge in [-0.05, 0) is 55.7 Å². The summed E-state index contributed by atoms with van der Waals surface area (Å²) >= 11 is 5.48. The summed E-state index contributed by atoms with van der Waals surface area (Å²) in [7, 11) is 3.60. The Kier molecular flexibility index (Phi) is 6.63. The molecule has 0 spiro atoms. The minimum absolute atomic E-state index is 0.145. The second-order valence-corrected chi connectivity index (χ2v) is 9.49. The van der Waals surface area contributed by atoms with Gasteiger partial charge in [-0.1, -0.05) is 11.6 Å². The molecule has 3 unspecified atom stereocenters. The van der Waals surface area contributed by atoms with Gasteiger partial charge in [-0.25, -0.2) is 9.37 Å². The number of carbonyl (C=O) groups is 1. The van der Waals surface area contributed by atoms with Gasteiger partial charge in [0, 0.05) is 32.6 Å². The Labute approximate surface area is 197 Å². The molecule has 1 aromatic heterocycles. The van der Waals surface area contributed by atoms with Gasteiger partial charge in [-0.2, -0.15) is 0 Å². The fourth-order valence-electron chi connectivity index (χ4n) is 5.31. The summed E-state index contributed by atoms with van der Waals surface area (Å²) in [5.74, 6) is 1.38. The molecule has 2 fully saturated rings. The molecule has 2 heterocycles. The molecule has 0 amide bonds. The van der Waals surface area contributed by atoms with Gasteiger partial charge in [-0.3, -0.25) is 10.2 Å². The van der Waals surface area contributed by atoms with Gasteiger partial charge in [0.15, 0.2) is 6.29 Å². The number of carbonyl (C=O) groups excluding carboxylic acids is 1. The van der Waals surface area contributed by atoms with Crippen LogP contribution in [-0.2, 0) is 11.8 Å². The Balaban J connectivity index is 0.000000219. The molecular weight excluding hydrogens is 449 g/mol. The molecule has 0 radical (unpaired) electrons. The molecular formula is C23H29ClFN5O3. The van der Waals surface area contributed by atoms with Crippen LogP contribution in [0.4, 0.5) is 10.1 Å². The van der Waals surface area contributed by atoms with E-state index in [1.54, 1.807) is 30.9 Å². The van der Waals surface area contributed by atoms with Crippen molar-refractivity contribution < 1.29 is 19.0 Å². The van der Waals surface area contributed by atoms with E-state index in [0.717, 1.165) is 30.5 Å². The number of nitrogens with one attached hydrogen (secondary N) is 2. The number of rotatable bonds is 4. The molecule has 1 aromatic carbocycles. The molecule has 0 saturated heterocycles. The minimum Gasteiger partial charge on any atom is -0.452 e. The van der Waals surface area contributed by atoms with E-state index in [0.29, 0.717) is 42.2 Å². The van der Waals surface area contributed by atoms with Crippen molar-refractivity contribution in [2.45, 2.75) is 50.4 Å². The molecule has 3 atom stereocenters. The second kappa shape index (κ2) is 9.30. The van der Waals surface area contributed by atoms with E-state index in [1.165, 1.54) is 12.1 Å². The van der Waals surface area contributed by atoms with Crippen molar-refractivity contribution in [3.8, 4) is 0 Å². The zero-order valence-corrected chi connectivity index (χ0v) is 19.6. The second-order valence-electron chi connectivity index (χ2n) is 9.08. The van der Waals surface area contributed by atoms with E-state index in [4.69, 9.17) is 16.3 Å². The average Bonchev–Trinajstić information content (AvgIpc) is 3.53. The number of hydrazone groups is 1. The Morgan fingerprint density at radius 3 is 2.61 bits per heavy atom. The van der Waals surface area contributed by atoms with Crippen molar-refractivity contribution in [3.05, 3.63) is 46.8 Å². The van der Waals surface area contributed by atoms with E-state index in [9.17, 15) is 14.3 Å². The average molecular weight is 478 g/mol. The lowest BCUT2D eigenvalue weighted by Crippen LogP contribution is -2.47. The fourth-order valence-corrected chi connectivity index (χ4v) is 5.49. The highest BCUT2D eigenvalue weighted by Crippen LogP contribution is 2.55. The van der Waals surface area contributed by atoms with E-state index in [-0.39, 0.29) is 10.8 Å². The Morgan fingerprint density at radius 1 is 1.36 bits per heavy atom. The number of aliphatic hydroxyl groups is 1. The molecule has 8 nitrogen and oxygen atoms in total. The number of aromatic nitrogens is 2. The first-order chi connectivity index (χ1) is 15.7. The maximum atomic E-state index is 12.5. The highest BCUT2D eigenvalue weighted by molar-refractivity contribution is 6.31. The van der Waals surface area contributed by atoms with E-state index >= 15 is 0 Å². The Bertz CT molecular complexity index is 1040. The summed E-state index contributed by atoms with van der Waals surface area (Å²) in [6.07, 6.45) is 5.51. The van der Waals surface area contributed by atoms with E-state index in [2.05, 4.69) is 20.8 Å². The van der Waals surface area contributed by atoms with Crippen LogP contribution in [0.2, 0.25) is 5.02 Å². The van der Waals surface area contributed by atoms with Crippen LogP contribution in [0.15, 0.2) is 29.6 Å². The molecule has 10 heteroatoms. The van der Waals surface area contributed by atoms with E-state index in [1.807, 2.05) is 7.05 Å². The highest BCUT2D eigenvalue weighted by atomic mass is 35.5. The zero-order chi connectivity index (χ0) is 23.8. The third-order valence-corrected chi connectivity index (χ3v) is 7.20. The van der Waals surface area contributed by atoms with Crippen molar-refractivity contribution in [3.63, 3.8) is 0 Å². The van der Waals surface area contributed by atoms with Gasteiger partial charge in [0.1, 0.15) is 17.1 Å². The number of ether oxygens (including phenoxy) is 1. The number of fused-ring (bicyclic) bond motifs is 1. The van der Waals surface area contributed by atoms with Crippen molar-refractivity contribution in [2.75, 3.05) is 12.4 Å². The summed E-state index contributed by atoms with van der Waals surface area (Å²) in [6.45, 7) is 1.78. The Morgan fingerprint density at radius 2 is 2.06 bits per heavy atom. The fraction of sp³-hybridized carbons (Fsp3) is 0.522. The number of hydrogen-bond donors (Lipinski definition) is 3. The van der Waals surface area contributed by atoms with Crippen LogP contribution in [0.3, 0.4) is 0 Å². The molecule has 0 bridgehead atoms. The van der Waals surface area contributed by atoms with Crippen LogP contribution in [0.5, 0.6) is 0 Å². The van der Waals surface area contributed by atoms with E-state index < -0.39 is 11.8 Å². The molecule has 3 aliphatic rings. The monoisotopic (exact) mass is 477 g/mol. The molecule has 2 saturated carbocycles. The molecule has 1 aliphatic heterocycles. The maximum Gasteiger partial charge on any atom is 0.214 e. The summed E-state index contributed by atoms with van der Waals surface area (Å²) in [5, 5.41) is 18.0. The van der Waals surface area contributed by atoms with Gasteiger partial charge in [-0.15, -0.1) is 5.10 Å². The number of aryl methyl sites for hydroxylation is 1. The lowest BCUT2D eigenvalue weighted by atomic mass is 9.91. The van der Waals surface area contributed by atoms with Crippen molar-refractivity contribution in [2.24, 2.45) is 24.0 Å². The van der Waals surface area contributed by atoms with Gasteiger partial charge in [0.25, 0.3) is 0 Å². The SMILES string of the molecule is CC1=NNC(C2(O)CC3CC(c4ncn(C)c4C=O)CC3C2)O1.CNc1ccc(F)c(Cl)c1. The first-order valence-electron chi connectivity index (χ1n) is 11.0. The largest absolute Gasteiger partial charge is 0.452 e.